The van der Waals surface area contributed by atoms with Gasteiger partial charge in [0.05, 0.1) is 11.8 Å². The van der Waals surface area contributed by atoms with Crippen LogP contribution in [0.4, 0.5) is 0 Å². The van der Waals surface area contributed by atoms with Crippen LogP contribution in [0.15, 0.2) is 65.1 Å². The third-order valence-electron chi connectivity index (χ3n) is 3.71. The number of carbonyl (C=O) groups is 1. The van der Waals surface area contributed by atoms with Gasteiger partial charge < -0.3 is 4.90 Å². The van der Waals surface area contributed by atoms with Gasteiger partial charge in [-0.3, -0.25) is 9.89 Å². The lowest BCUT2D eigenvalue weighted by Crippen LogP contribution is -2.31. The van der Waals surface area contributed by atoms with E-state index >= 15 is 0 Å². The molecule has 0 spiro atoms. The first-order valence-electron chi connectivity index (χ1n) is 7.69. The van der Waals surface area contributed by atoms with Gasteiger partial charge in [-0.1, -0.05) is 58.4 Å². The van der Waals surface area contributed by atoms with Gasteiger partial charge in [-0.15, -0.1) is 0 Å². The Hall–Kier alpha value is -2.91. The molecule has 1 amide bonds. The number of carbonyl (C=O) groups excluding carboxylic acids is 1. The normalized spacial score (nSPS) is 10.2. The molecule has 0 aliphatic heterocycles. The molecule has 0 bridgehead atoms. The van der Waals surface area contributed by atoms with Gasteiger partial charge in [0.25, 0.3) is 5.91 Å². The Morgan fingerprint density at radius 3 is 2.56 bits per heavy atom. The van der Waals surface area contributed by atoms with Crippen molar-refractivity contribution in [1.29, 1.82) is 5.26 Å². The standard InChI is InChI=1S/C19H15BrN4O/c20-16-8-6-15(7-9-16)17-12-18(23-22-17)19(25)24(11-10-21)13-14-4-2-1-3-5-14/h1-9,12H,11,13H2,(H,22,23). The number of benzene rings is 2. The van der Waals surface area contributed by atoms with Crippen LogP contribution in [0, 0.1) is 11.3 Å². The predicted octanol–water partition coefficient (Wildman–Crippen LogP) is 4.01. The van der Waals surface area contributed by atoms with Gasteiger partial charge in [-0.25, -0.2) is 0 Å². The molecule has 0 unspecified atom stereocenters. The molecule has 124 valence electrons. The van der Waals surface area contributed by atoms with Crippen LogP contribution in [0.2, 0.25) is 0 Å². The first-order valence-corrected chi connectivity index (χ1v) is 8.48. The summed E-state index contributed by atoms with van der Waals surface area (Å²) in [5.74, 6) is -0.249. The van der Waals surface area contributed by atoms with Gasteiger partial charge in [0.1, 0.15) is 12.2 Å². The first kappa shape index (κ1) is 16.9. The fraction of sp³-hybridized carbons (Fsp3) is 0.105. The highest BCUT2D eigenvalue weighted by molar-refractivity contribution is 9.10. The van der Waals surface area contributed by atoms with Gasteiger partial charge in [0, 0.05) is 16.6 Å². The maximum absolute atomic E-state index is 12.7. The monoisotopic (exact) mass is 394 g/mol. The molecule has 1 heterocycles. The summed E-state index contributed by atoms with van der Waals surface area (Å²) in [4.78, 5) is 14.2. The molecule has 0 atom stereocenters. The lowest BCUT2D eigenvalue weighted by Gasteiger charge is -2.18. The maximum atomic E-state index is 12.7. The van der Waals surface area contributed by atoms with E-state index in [0.29, 0.717) is 17.9 Å². The van der Waals surface area contributed by atoms with Crippen molar-refractivity contribution in [3.63, 3.8) is 0 Å². The zero-order valence-corrected chi connectivity index (χ0v) is 14.9. The second kappa shape index (κ2) is 7.77. The Labute approximate surface area is 154 Å². The van der Waals surface area contributed by atoms with Crippen molar-refractivity contribution >= 4 is 21.8 Å². The first-order chi connectivity index (χ1) is 12.2. The molecule has 25 heavy (non-hydrogen) atoms. The minimum atomic E-state index is -0.249. The van der Waals surface area contributed by atoms with E-state index < -0.39 is 0 Å². The van der Waals surface area contributed by atoms with E-state index in [4.69, 9.17) is 5.26 Å². The Balaban J connectivity index is 1.80. The van der Waals surface area contributed by atoms with Crippen molar-refractivity contribution in [2.45, 2.75) is 6.54 Å². The van der Waals surface area contributed by atoms with Crippen LogP contribution < -0.4 is 0 Å². The second-order valence-corrected chi connectivity index (χ2v) is 6.39. The lowest BCUT2D eigenvalue weighted by molar-refractivity contribution is 0.0759. The highest BCUT2D eigenvalue weighted by Crippen LogP contribution is 2.21. The summed E-state index contributed by atoms with van der Waals surface area (Å²) in [6.07, 6.45) is 0. The molecule has 0 aliphatic rings. The number of nitrogens with zero attached hydrogens (tertiary/aromatic N) is 3. The van der Waals surface area contributed by atoms with Crippen molar-refractivity contribution in [1.82, 2.24) is 15.1 Å². The van der Waals surface area contributed by atoms with E-state index in [1.165, 1.54) is 4.90 Å². The molecule has 1 aromatic heterocycles. The average molecular weight is 395 g/mol. The summed E-state index contributed by atoms with van der Waals surface area (Å²) in [7, 11) is 0. The number of hydrogen-bond acceptors (Lipinski definition) is 3. The molecule has 6 heteroatoms. The Kier molecular flexibility index (Phi) is 5.26. The Morgan fingerprint density at radius 2 is 1.88 bits per heavy atom. The van der Waals surface area contributed by atoms with Gasteiger partial charge in [0.15, 0.2) is 0 Å². The molecular formula is C19H15BrN4O. The SMILES string of the molecule is N#CCN(Cc1ccccc1)C(=O)c1cc(-c2ccc(Br)cc2)n[nH]1. The van der Waals surface area contributed by atoms with E-state index in [1.54, 1.807) is 6.07 Å². The van der Waals surface area contributed by atoms with Crippen LogP contribution in [-0.2, 0) is 6.54 Å². The van der Waals surface area contributed by atoms with Crippen LogP contribution in [0.5, 0.6) is 0 Å². The molecule has 0 fully saturated rings. The summed E-state index contributed by atoms with van der Waals surface area (Å²) >= 11 is 3.39. The zero-order valence-electron chi connectivity index (χ0n) is 13.3. The van der Waals surface area contributed by atoms with E-state index in [1.807, 2.05) is 60.7 Å². The highest BCUT2D eigenvalue weighted by atomic mass is 79.9. The summed E-state index contributed by atoms with van der Waals surface area (Å²) in [5.41, 5.74) is 2.93. The molecule has 1 N–H and O–H groups in total. The van der Waals surface area contributed by atoms with Crippen molar-refractivity contribution in [3.8, 4) is 17.3 Å². The number of H-pyrrole nitrogens is 1. The third kappa shape index (κ3) is 4.14. The van der Waals surface area contributed by atoms with Crippen molar-refractivity contribution in [2.24, 2.45) is 0 Å². The van der Waals surface area contributed by atoms with Crippen molar-refractivity contribution in [2.75, 3.05) is 6.54 Å². The van der Waals surface area contributed by atoms with Gasteiger partial charge in [-0.2, -0.15) is 10.4 Å². The van der Waals surface area contributed by atoms with Crippen molar-refractivity contribution < 1.29 is 4.79 Å². The average Bonchev–Trinajstić information content (AvgIpc) is 3.12. The Bertz CT molecular complexity index is 897. The van der Waals surface area contributed by atoms with Crippen LogP contribution in [0.1, 0.15) is 16.1 Å². The quantitative estimate of drug-likeness (QED) is 0.664. The number of halogens is 1. The lowest BCUT2D eigenvalue weighted by atomic mass is 10.1. The Morgan fingerprint density at radius 1 is 1.16 bits per heavy atom. The smallest absolute Gasteiger partial charge is 0.273 e. The minimum absolute atomic E-state index is 0.0143. The molecule has 3 rings (SSSR count). The van der Waals surface area contributed by atoms with Gasteiger partial charge in [-0.05, 0) is 23.8 Å². The van der Waals surface area contributed by atoms with E-state index in [2.05, 4.69) is 26.1 Å². The summed E-state index contributed by atoms with van der Waals surface area (Å²) in [5, 5.41) is 16.0. The van der Waals surface area contributed by atoms with Crippen LogP contribution in [-0.4, -0.2) is 27.5 Å². The molecule has 0 saturated heterocycles. The van der Waals surface area contributed by atoms with Crippen LogP contribution in [0.25, 0.3) is 11.3 Å². The number of rotatable bonds is 5. The number of amides is 1. The van der Waals surface area contributed by atoms with Gasteiger partial charge in [0.2, 0.25) is 0 Å². The minimum Gasteiger partial charge on any atom is -0.320 e. The number of aromatic amines is 1. The molecule has 0 saturated carbocycles. The molecule has 0 radical (unpaired) electrons. The fourth-order valence-electron chi connectivity index (χ4n) is 2.46. The van der Waals surface area contributed by atoms with Crippen molar-refractivity contribution in [3.05, 3.63) is 76.4 Å². The zero-order chi connectivity index (χ0) is 17.6. The molecule has 2 aromatic carbocycles. The molecule has 5 nitrogen and oxygen atoms in total. The maximum Gasteiger partial charge on any atom is 0.273 e. The third-order valence-corrected chi connectivity index (χ3v) is 4.24. The summed E-state index contributed by atoms with van der Waals surface area (Å²) in [6.45, 7) is 0.389. The van der Waals surface area contributed by atoms with E-state index in [9.17, 15) is 4.79 Å². The fourth-order valence-corrected chi connectivity index (χ4v) is 2.72. The van der Waals surface area contributed by atoms with Crippen LogP contribution in [0.3, 0.4) is 0 Å². The van der Waals surface area contributed by atoms with E-state index in [0.717, 1.165) is 15.6 Å². The van der Waals surface area contributed by atoms with Crippen LogP contribution >= 0.6 is 15.9 Å². The van der Waals surface area contributed by atoms with Gasteiger partial charge >= 0.3 is 0 Å². The number of aromatic nitrogens is 2. The summed E-state index contributed by atoms with van der Waals surface area (Å²) < 4.78 is 0.978. The second-order valence-electron chi connectivity index (χ2n) is 5.48. The number of hydrogen-bond donors (Lipinski definition) is 1. The highest BCUT2D eigenvalue weighted by Gasteiger charge is 2.18. The van der Waals surface area contributed by atoms with E-state index in [-0.39, 0.29) is 12.5 Å². The largest absolute Gasteiger partial charge is 0.320 e. The topological polar surface area (TPSA) is 72.8 Å². The predicted molar refractivity (Wildman–Crippen MR) is 98.5 cm³/mol. The molecule has 0 aliphatic carbocycles. The number of nitriles is 1. The number of nitrogens with one attached hydrogen (secondary N) is 1. The summed E-state index contributed by atoms with van der Waals surface area (Å²) in [6, 6.07) is 21.0. The molecule has 3 aromatic rings. The molecular weight excluding hydrogens is 380 g/mol.